The molecule has 0 aliphatic carbocycles. The van der Waals surface area contributed by atoms with Crippen LogP contribution in [0.25, 0.3) is 0 Å². The Morgan fingerprint density at radius 2 is 0.759 bits per heavy atom. The molecule has 29 heavy (non-hydrogen) atoms. The maximum atomic E-state index is 11.7. The topological polar surface area (TPSA) is 29.1 Å². The second-order valence-electron chi connectivity index (χ2n) is 9.17. The van der Waals surface area contributed by atoms with E-state index in [9.17, 15) is 4.79 Å². The quantitative estimate of drug-likeness (QED) is 0.158. The lowest BCUT2D eigenvalue weighted by molar-refractivity contribution is -0.121. The molecule has 0 saturated heterocycles. The highest BCUT2D eigenvalue weighted by molar-refractivity contribution is 5.75. The van der Waals surface area contributed by atoms with E-state index in [1.165, 1.54) is 128 Å². The molecular weight excluding hydrogens is 354 g/mol. The number of hydrogen-bond acceptors (Lipinski definition) is 1. The molecule has 0 aromatic carbocycles. The number of amides is 1. The molecule has 0 spiro atoms. The molecule has 0 aliphatic rings. The van der Waals surface area contributed by atoms with Gasteiger partial charge < -0.3 is 5.32 Å². The van der Waals surface area contributed by atoms with Crippen molar-refractivity contribution in [2.75, 3.05) is 6.54 Å². The molecule has 1 amide bonds. The van der Waals surface area contributed by atoms with Crippen LogP contribution in [0.3, 0.4) is 0 Å². The zero-order valence-electron chi connectivity index (χ0n) is 20.4. The average molecular weight is 410 g/mol. The summed E-state index contributed by atoms with van der Waals surface area (Å²) < 4.78 is 0. The Hall–Kier alpha value is -0.530. The molecule has 0 unspecified atom stereocenters. The van der Waals surface area contributed by atoms with E-state index >= 15 is 0 Å². The molecule has 0 saturated carbocycles. The first-order valence-electron chi connectivity index (χ1n) is 13.6. The molecule has 0 aliphatic heterocycles. The highest BCUT2D eigenvalue weighted by Crippen LogP contribution is 2.14. The molecule has 0 atom stereocenters. The van der Waals surface area contributed by atoms with Gasteiger partial charge in [0.15, 0.2) is 0 Å². The van der Waals surface area contributed by atoms with Crippen LogP contribution in [-0.4, -0.2) is 12.5 Å². The first-order chi connectivity index (χ1) is 14.3. The third kappa shape index (κ3) is 25.4. The van der Waals surface area contributed by atoms with Gasteiger partial charge in [0.2, 0.25) is 5.91 Å². The molecule has 0 bridgehead atoms. The molecular formula is C27H55NO. The van der Waals surface area contributed by atoms with Gasteiger partial charge in [-0.05, 0) is 12.8 Å². The van der Waals surface area contributed by atoms with E-state index in [4.69, 9.17) is 0 Å². The fourth-order valence-electron chi connectivity index (χ4n) is 4.06. The monoisotopic (exact) mass is 409 g/mol. The third-order valence-corrected chi connectivity index (χ3v) is 6.11. The van der Waals surface area contributed by atoms with E-state index in [1.54, 1.807) is 0 Å². The number of rotatable bonds is 24. The van der Waals surface area contributed by atoms with Gasteiger partial charge in [0.05, 0.1) is 0 Å². The van der Waals surface area contributed by atoms with Crippen LogP contribution in [0.1, 0.15) is 162 Å². The van der Waals surface area contributed by atoms with Gasteiger partial charge in [0, 0.05) is 13.0 Å². The number of carbonyl (C=O) groups excluding carboxylic acids is 1. The summed E-state index contributed by atoms with van der Waals surface area (Å²) in [4.78, 5) is 11.7. The first-order valence-corrected chi connectivity index (χ1v) is 13.6. The van der Waals surface area contributed by atoms with Crippen molar-refractivity contribution in [1.29, 1.82) is 0 Å². The van der Waals surface area contributed by atoms with Crippen molar-refractivity contribution in [3.05, 3.63) is 0 Å². The normalized spacial score (nSPS) is 11.1. The van der Waals surface area contributed by atoms with Gasteiger partial charge in [-0.1, -0.05) is 142 Å². The Balaban J connectivity index is 3.07. The van der Waals surface area contributed by atoms with Crippen LogP contribution in [-0.2, 0) is 4.79 Å². The molecule has 0 radical (unpaired) electrons. The van der Waals surface area contributed by atoms with Crippen molar-refractivity contribution >= 4 is 5.91 Å². The number of carbonyl (C=O) groups is 1. The summed E-state index contributed by atoms with van der Waals surface area (Å²) in [7, 11) is 0. The summed E-state index contributed by atoms with van der Waals surface area (Å²) >= 11 is 0. The highest BCUT2D eigenvalue weighted by Gasteiger charge is 2.00. The second-order valence-corrected chi connectivity index (χ2v) is 9.17. The Labute approximate surface area is 184 Å². The number of nitrogens with one attached hydrogen (secondary N) is 1. The first kappa shape index (κ1) is 28.5. The largest absolute Gasteiger partial charge is 0.356 e. The zero-order chi connectivity index (χ0) is 21.3. The summed E-state index contributed by atoms with van der Waals surface area (Å²) in [6.07, 6.45) is 30.8. The summed E-state index contributed by atoms with van der Waals surface area (Å²) in [5, 5.41) is 3.04. The van der Waals surface area contributed by atoms with Crippen molar-refractivity contribution in [3.8, 4) is 0 Å². The van der Waals surface area contributed by atoms with Gasteiger partial charge in [-0.3, -0.25) is 4.79 Å². The molecule has 0 fully saturated rings. The van der Waals surface area contributed by atoms with Crippen molar-refractivity contribution < 1.29 is 4.79 Å². The molecule has 0 aromatic rings. The van der Waals surface area contributed by atoms with E-state index in [0.29, 0.717) is 0 Å². The predicted octanol–water partition coefficient (Wildman–Crippen LogP) is 9.11. The lowest BCUT2D eigenvalue weighted by atomic mass is 10.0. The van der Waals surface area contributed by atoms with E-state index < -0.39 is 0 Å². The van der Waals surface area contributed by atoms with Crippen molar-refractivity contribution in [3.63, 3.8) is 0 Å². The van der Waals surface area contributed by atoms with E-state index in [1.807, 2.05) is 0 Å². The minimum atomic E-state index is 0.257. The smallest absolute Gasteiger partial charge is 0.219 e. The molecule has 1 N–H and O–H groups in total. The Kier molecular flexibility index (Phi) is 25.0. The van der Waals surface area contributed by atoms with E-state index in [0.717, 1.165) is 25.8 Å². The minimum absolute atomic E-state index is 0.257. The summed E-state index contributed by atoms with van der Waals surface area (Å²) in [6.45, 7) is 5.35. The van der Waals surface area contributed by atoms with Gasteiger partial charge in [0.25, 0.3) is 0 Å². The molecule has 0 aromatic heterocycles. The standard InChI is InChI=1S/C27H55NO/c1-3-5-7-8-9-10-11-12-13-14-15-16-17-18-19-20-21-22-23-25-27(29)28-26-24-6-4-2/h3-26H2,1-2H3,(H,28,29). The van der Waals surface area contributed by atoms with Crippen molar-refractivity contribution in [1.82, 2.24) is 5.32 Å². The Morgan fingerprint density at radius 3 is 1.14 bits per heavy atom. The van der Waals surface area contributed by atoms with Crippen LogP contribution >= 0.6 is 0 Å². The lowest BCUT2D eigenvalue weighted by Crippen LogP contribution is -2.23. The maximum Gasteiger partial charge on any atom is 0.219 e. The van der Waals surface area contributed by atoms with Crippen LogP contribution in [0.2, 0.25) is 0 Å². The Bertz CT molecular complexity index is 316. The minimum Gasteiger partial charge on any atom is -0.356 e. The van der Waals surface area contributed by atoms with Crippen molar-refractivity contribution in [2.45, 2.75) is 162 Å². The fourth-order valence-corrected chi connectivity index (χ4v) is 4.06. The van der Waals surface area contributed by atoms with Gasteiger partial charge in [-0.2, -0.15) is 0 Å². The van der Waals surface area contributed by atoms with E-state index in [2.05, 4.69) is 19.2 Å². The van der Waals surface area contributed by atoms with Crippen LogP contribution in [0.15, 0.2) is 0 Å². The van der Waals surface area contributed by atoms with Gasteiger partial charge in [-0.25, -0.2) is 0 Å². The number of hydrogen-bond donors (Lipinski definition) is 1. The zero-order valence-corrected chi connectivity index (χ0v) is 20.4. The SMILES string of the molecule is CCCCCCCCCCCCCCCCCCCCCC(=O)NCCCCC. The average Bonchev–Trinajstić information content (AvgIpc) is 2.73. The van der Waals surface area contributed by atoms with Crippen molar-refractivity contribution in [2.24, 2.45) is 0 Å². The highest BCUT2D eigenvalue weighted by atomic mass is 16.1. The van der Waals surface area contributed by atoms with E-state index in [-0.39, 0.29) is 5.91 Å². The molecule has 0 heterocycles. The maximum absolute atomic E-state index is 11.7. The van der Waals surface area contributed by atoms with Gasteiger partial charge in [-0.15, -0.1) is 0 Å². The molecule has 2 nitrogen and oxygen atoms in total. The van der Waals surface area contributed by atoms with Crippen LogP contribution in [0.4, 0.5) is 0 Å². The molecule has 0 rings (SSSR count). The fraction of sp³-hybridized carbons (Fsp3) is 0.963. The summed E-state index contributed by atoms with van der Waals surface area (Å²) in [5.74, 6) is 0.257. The van der Waals surface area contributed by atoms with Crippen LogP contribution in [0.5, 0.6) is 0 Å². The molecule has 174 valence electrons. The van der Waals surface area contributed by atoms with Gasteiger partial charge >= 0.3 is 0 Å². The Morgan fingerprint density at radius 1 is 0.448 bits per heavy atom. The second kappa shape index (κ2) is 25.5. The molecule has 2 heteroatoms. The third-order valence-electron chi connectivity index (χ3n) is 6.11. The van der Waals surface area contributed by atoms with Crippen LogP contribution in [0, 0.1) is 0 Å². The predicted molar refractivity (Wildman–Crippen MR) is 131 cm³/mol. The van der Waals surface area contributed by atoms with Crippen LogP contribution < -0.4 is 5.32 Å². The summed E-state index contributed by atoms with van der Waals surface area (Å²) in [6, 6.07) is 0. The lowest BCUT2D eigenvalue weighted by Gasteiger charge is -2.05. The van der Waals surface area contributed by atoms with Gasteiger partial charge in [0.1, 0.15) is 0 Å². The number of unbranched alkanes of at least 4 members (excludes halogenated alkanes) is 20. The summed E-state index contributed by atoms with van der Waals surface area (Å²) in [5.41, 5.74) is 0.